The van der Waals surface area contributed by atoms with Crippen LogP contribution in [0.4, 0.5) is 0 Å². The molecule has 0 saturated heterocycles. The zero-order valence-electron chi connectivity index (χ0n) is 19.5. The lowest BCUT2D eigenvalue weighted by molar-refractivity contribution is -0.120. The van der Waals surface area contributed by atoms with Gasteiger partial charge in [-0.3, -0.25) is 4.79 Å². The number of nitrogens with one attached hydrogen (secondary N) is 1. The average molecular weight is 475 g/mol. The molecule has 3 aromatic carbocycles. The molecule has 0 radical (unpaired) electrons. The number of aryl methyl sites for hydroxylation is 3. The van der Waals surface area contributed by atoms with Crippen molar-refractivity contribution in [2.75, 3.05) is 0 Å². The fourth-order valence-electron chi connectivity index (χ4n) is 3.87. The van der Waals surface area contributed by atoms with E-state index in [0.29, 0.717) is 11.6 Å². The topological polar surface area (TPSA) is 64.4 Å². The highest BCUT2D eigenvalue weighted by molar-refractivity contribution is 6.30. The second kappa shape index (κ2) is 10.6. The predicted molar refractivity (Wildman–Crippen MR) is 133 cm³/mol. The van der Waals surface area contributed by atoms with Crippen molar-refractivity contribution in [3.05, 3.63) is 117 Å². The highest BCUT2D eigenvalue weighted by atomic mass is 35.5. The van der Waals surface area contributed by atoms with E-state index in [9.17, 15) is 4.79 Å². The summed E-state index contributed by atoms with van der Waals surface area (Å²) in [5, 5.41) is 7.81. The van der Waals surface area contributed by atoms with Gasteiger partial charge in [-0.15, -0.1) is 0 Å². The molecule has 0 aliphatic heterocycles. The smallest absolute Gasteiger partial charge is 0.225 e. The Balaban J connectivity index is 1.43. The van der Waals surface area contributed by atoms with Crippen LogP contribution >= 0.6 is 11.6 Å². The molecule has 5 nitrogen and oxygen atoms in total. The van der Waals surface area contributed by atoms with Gasteiger partial charge in [-0.2, -0.15) is 0 Å². The van der Waals surface area contributed by atoms with E-state index in [2.05, 4.69) is 10.5 Å². The zero-order valence-corrected chi connectivity index (χ0v) is 20.2. The summed E-state index contributed by atoms with van der Waals surface area (Å²) in [7, 11) is 0. The van der Waals surface area contributed by atoms with Crippen molar-refractivity contribution in [1.29, 1.82) is 0 Å². The molecule has 34 heavy (non-hydrogen) atoms. The van der Waals surface area contributed by atoms with Gasteiger partial charge in [0.25, 0.3) is 0 Å². The minimum Gasteiger partial charge on any atom is -0.489 e. The van der Waals surface area contributed by atoms with Gasteiger partial charge < -0.3 is 14.6 Å². The lowest BCUT2D eigenvalue weighted by Crippen LogP contribution is -2.31. The van der Waals surface area contributed by atoms with Crippen LogP contribution in [0.3, 0.4) is 0 Å². The van der Waals surface area contributed by atoms with Gasteiger partial charge in [-0.1, -0.05) is 65.3 Å². The van der Waals surface area contributed by atoms with Crippen LogP contribution in [0.2, 0.25) is 5.02 Å². The fraction of sp³-hybridized carbons (Fsp3) is 0.214. The van der Waals surface area contributed by atoms with Crippen LogP contribution in [0.15, 0.2) is 77.3 Å². The molecule has 0 spiro atoms. The lowest BCUT2D eigenvalue weighted by atomic mass is 9.94. The molecule has 174 valence electrons. The maximum atomic E-state index is 13.0. The van der Waals surface area contributed by atoms with Crippen LogP contribution in [-0.4, -0.2) is 11.1 Å². The molecule has 0 fully saturated rings. The molecule has 1 amide bonds. The fourth-order valence-corrected chi connectivity index (χ4v) is 4.00. The van der Waals surface area contributed by atoms with E-state index in [1.165, 1.54) is 0 Å². The summed E-state index contributed by atoms with van der Waals surface area (Å²) in [4.78, 5) is 13.0. The maximum absolute atomic E-state index is 13.0. The summed E-state index contributed by atoms with van der Waals surface area (Å²) in [5.74, 6) is 1.42. The van der Waals surface area contributed by atoms with E-state index in [0.717, 1.165) is 45.0 Å². The molecule has 0 bridgehead atoms. The number of carbonyl (C=O) groups is 1. The van der Waals surface area contributed by atoms with E-state index < -0.39 is 0 Å². The molecular weight excluding hydrogens is 448 g/mol. The third-order valence-electron chi connectivity index (χ3n) is 5.86. The Morgan fingerprint density at radius 3 is 2.35 bits per heavy atom. The number of nitrogens with zero attached hydrogens (tertiary/aromatic N) is 1. The molecule has 1 N–H and O–H groups in total. The first kappa shape index (κ1) is 23.6. The number of aromatic nitrogens is 1. The van der Waals surface area contributed by atoms with Crippen LogP contribution in [-0.2, 0) is 17.8 Å². The summed E-state index contributed by atoms with van der Waals surface area (Å²) >= 11 is 6.08. The molecule has 1 heterocycles. The monoisotopic (exact) mass is 474 g/mol. The molecule has 1 atom stereocenters. The summed E-state index contributed by atoms with van der Waals surface area (Å²) in [6, 6.07) is 23.0. The minimum atomic E-state index is -0.261. The largest absolute Gasteiger partial charge is 0.489 e. The summed E-state index contributed by atoms with van der Waals surface area (Å²) in [6.07, 6.45) is 0.264. The Morgan fingerprint density at radius 1 is 1.00 bits per heavy atom. The second-order valence-electron chi connectivity index (χ2n) is 8.32. The number of hydrogen-bond donors (Lipinski definition) is 1. The van der Waals surface area contributed by atoms with E-state index >= 15 is 0 Å². The highest BCUT2D eigenvalue weighted by Crippen LogP contribution is 2.26. The number of ether oxygens (including phenoxy) is 1. The quantitative estimate of drug-likeness (QED) is 0.326. The number of benzene rings is 3. The van der Waals surface area contributed by atoms with Gasteiger partial charge in [-0.05, 0) is 67.3 Å². The van der Waals surface area contributed by atoms with Crippen molar-refractivity contribution >= 4 is 17.5 Å². The third-order valence-corrected chi connectivity index (χ3v) is 6.11. The van der Waals surface area contributed by atoms with Gasteiger partial charge in [0.05, 0.1) is 23.7 Å². The van der Waals surface area contributed by atoms with Crippen molar-refractivity contribution in [2.45, 2.75) is 39.8 Å². The molecule has 1 unspecified atom stereocenters. The van der Waals surface area contributed by atoms with Gasteiger partial charge in [0, 0.05) is 5.02 Å². The van der Waals surface area contributed by atoms with Gasteiger partial charge in [0.1, 0.15) is 18.1 Å². The first-order valence-electron chi connectivity index (χ1n) is 11.1. The summed E-state index contributed by atoms with van der Waals surface area (Å²) in [5.41, 5.74) is 5.84. The SMILES string of the molecule is Cc1ccccc1C(NC(=O)Cc1ccc(OCc2c(C)noc2C)cc1)c1ccc(Cl)cc1. The van der Waals surface area contributed by atoms with E-state index in [-0.39, 0.29) is 18.4 Å². The summed E-state index contributed by atoms with van der Waals surface area (Å²) < 4.78 is 11.0. The molecule has 6 heteroatoms. The van der Waals surface area contributed by atoms with Gasteiger partial charge >= 0.3 is 0 Å². The molecular formula is C28H27ClN2O3. The molecule has 4 aromatic rings. The number of amides is 1. The standard InChI is InChI=1S/C28H27ClN2O3/c1-18-6-4-5-7-25(18)28(22-10-12-23(29)13-11-22)30-27(32)16-21-8-14-24(15-9-21)33-17-26-19(2)31-34-20(26)3/h4-15,28H,16-17H2,1-3H3,(H,30,32). The zero-order chi connectivity index (χ0) is 24.1. The number of halogens is 1. The van der Waals surface area contributed by atoms with Crippen molar-refractivity contribution in [1.82, 2.24) is 10.5 Å². The highest BCUT2D eigenvalue weighted by Gasteiger charge is 2.19. The second-order valence-corrected chi connectivity index (χ2v) is 8.76. The molecule has 0 aliphatic rings. The first-order valence-corrected chi connectivity index (χ1v) is 11.5. The Bertz CT molecular complexity index is 1240. The predicted octanol–water partition coefficient (Wildman–Crippen LogP) is 6.28. The van der Waals surface area contributed by atoms with Gasteiger partial charge in [-0.25, -0.2) is 0 Å². The van der Waals surface area contributed by atoms with Gasteiger partial charge in [0.2, 0.25) is 5.91 Å². The average Bonchev–Trinajstić information content (AvgIpc) is 3.15. The van der Waals surface area contributed by atoms with Crippen LogP contribution in [0.1, 0.15) is 45.3 Å². The van der Waals surface area contributed by atoms with Gasteiger partial charge in [0.15, 0.2) is 0 Å². The normalized spacial score (nSPS) is 11.8. The van der Waals surface area contributed by atoms with E-state index in [1.807, 2.05) is 93.6 Å². The van der Waals surface area contributed by atoms with Crippen molar-refractivity contribution in [2.24, 2.45) is 0 Å². The van der Waals surface area contributed by atoms with Crippen molar-refractivity contribution in [3.63, 3.8) is 0 Å². The van der Waals surface area contributed by atoms with Crippen molar-refractivity contribution < 1.29 is 14.1 Å². The van der Waals surface area contributed by atoms with Crippen LogP contribution in [0, 0.1) is 20.8 Å². The molecule has 0 aliphatic carbocycles. The van der Waals surface area contributed by atoms with Crippen LogP contribution < -0.4 is 10.1 Å². The Labute approximate surface area is 204 Å². The Morgan fingerprint density at radius 2 is 1.71 bits per heavy atom. The number of hydrogen-bond acceptors (Lipinski definition) is 4. The Hall–Kier alpha value is -3.57. The number of rotatable bonds is 8. The maximum Gasteiger partial charge on any atom is 0.225 e. The third kappa shape index (κ3) is 5.67. The molecule has 4 rings (SSSR count). The van der Waals surface area contributed by atoms with Crippen LogP contribution in [0.25, 0.3) is 0 Å². The minimum absolute atomic E-state index is 0.0624. The van der Waals surface area contributed by atoms with Crippen LogP contribution in [0.5, 0.6) is 5.75 Å². The van der Waals surface area contributed by atoms with Crippen molar-refractivity contribution in [3.8, 4) is 5.75 Å². The first-order chi connectivity index (χ1) is 16.4. The van der Waals surface area contributed by atoms with E-state index in [1.54, 1.807) is 0 Å². The summed E-state index contributed by atoms with van der Waals surface area (Å²) in [6.45, 7) is 6.20. The molecule has 1 aromatic heterocycles. The molecule has 0 saturated carbocycles. The number of carbonyl (C=O) groups excluding carboxylic acids is 1. The van der Waals surface area contributed by atoms with E-state index in [4.69, 9.17) is 20.9 Å². The Kier molecular flexibility index (Phi) is 7.33. The lowest BCUT2D eigenvalue weighted by Gasteiger charge is -2.22.